The number of hydrogen-bond acceptors (Lipinski definition) is 5. The Labute approximate surface area is 175 Å². The van der Waals surface area contributed by atoms with E-state index >= 15 is 0 Å². The third-order valence-corrected chi connectivity index (χ3v) is 5.61. The van der Waals surface area contributed by atoms with Crippen molar-refractivity contribution >= 4 is 12.0 Å². The number of alkyl halides is 3. The fraction of sp³-hybridized carbons (Fsp3) is 0.667. The van der Waals surface area contributed by atoms with E-state index in [0.717, 1.165) is 13.0 Å². The van der Waals surface area contributed by atoms with Gasteiger partial charge in [-0.2, -0.15) is 13.2 Å². The van der Waals surface area contributed by atoms with Crippen LogP contribution in [0.5, 0.6) is 5.75 Å². The number of benzene rings is 1. The topological polar surface area (TPSA) is 63.5 Å². The Morgan fingerprint density at radius 1 is 1.30 bits per heavy atom. The lowest BCUT2D eigenvalue weighted by Crippen LogP contribution is -2.50. The summed E-state index contributed by atoms with van der Waals surface area (Å²) in [5, 5.41) is 10.8. The smallest absolute Gasteiger partial charge is 0.423 e. The summed E-state index contributed by atoms with van der Waals surface area (Å²) in [5.74, 6) is -0.104. The van der Waals surface area contributed by atoms with Crippen LogP contribution < -0.4 is 4.74 Å². The quantitative estimate of drug-likeness (QED) is 0.450. The lowest BCUT2D eigenvalue weighted by atomic mass is 9.84. The highest BCUT2D eigenvalue weighted by Crippen LogP contribution is 2.45. The van der Waals surface area contributed by atoms with Gasteiger partial charge in [-0.1, -0.05) is 6.92 Å². The van der Waals surface area contributed by atoms with E-state index in [9.17, 15) is 18.3 Å². The number of aliphatic imine (C=N–C) groups is 1. The van der Waals surface area contributed by atoms with E-state index in [2.05, 4.69) is 4.99 Å². The van der Waals surface area contributed by atoms with Gasteiger partial charge in [0.05, 0.1) is 45.6 Å². The standard InChI is InChI=1S/C21H31F3N2O4/c1-6-19(10-29-11-19)12-30-13-20(27,21(22,23)24)16-8-15(3)17(9-18(16)28-5)25-14-26(4)7-2/h8-9,14,27H,6-7,10-13H2,1-5H3/b25-14+. The van der Waals surface area contributed by atoms with Crippen LogP contribution in [-0.4, -0.2) is 69.7 Å². The van der Waals surface area contributed by atoms with Gasteiger partial charge in [0.25, 0.3) is 0 Å². The van der Waals surface area contributed by atoms with Crippen molar-refractivity contribution in [2.75, 3.05) is 47.1 Å². The number of nitrogens with zero attached hydrogens (tertiary/aromatic N) is 2. The monoisotopic (exact) mass is 432 g/mol. The first-order chi connectivity index (χ1) is 14.0. The number of methoxy groups -OCH3 is 1. The minimum atomic E-state index is -4.96. The van der Waals surface area contributed by atoms with Crippen LogP contribution in [0.1, 0.15) is 31.4 Å². The molecule has 1 aromatic rings. The molecule has 170 valence electrons. The average molecular weight is 432 g/mol. The second kappa shape index (κ2) is 9.53. The first kappa shape index (κ1) is 24.4. The molecule has 1 saturated heterocycles. The van der Waals surface area contributed by atoms with Crippen molar-refractivity contribution in [3.8, 4) is 5.75 Å². The first-order valence-corrected chi connectivity index (χ1v) is 9.90. The summed E-state index contributed by atoms with van der Waals surface area (Å²) < 4.78 is 57.7. The van der Waals surface area contributed by atoms with Gasteiger partial charge in [0.2, 0.25) is 5.60 Å². The molecule has 1 fully saturated rings. The van der Waals surface area contributed by atoms with E-state index in [1.54, 1.807) is 13.3 Å². The molecule has 6 nitrogen and oxygen atoms in total. The van der Waals surface area contributed by atoms with Crippen molar-refractivity contribution in [3.05, 3.63) is 23.3 Å². The number of ether oxygens (including phenoxy) is 3. The van der Waals surface area contributed by atoms with Gasteiger partial charge in [-0.05, 0) is 31.9 Å². The molecular formula is C21H31F3N2O4. The van der Waals surface area contributed by atoms with Crippen molar-refractivity contribution in [2.24, 2.45) is 10.4 Å². The van der Waals surface area contributed by atoms with E-state index < -0.39 is 23.9 Å². The molecule has 0 bridgehead atoms. The van der Waals surface area contributed by atoms with Gasteiger partial charge in [0, 0.05) is 30.6 Å². The molecule has 0 aromatic heterocycles. The molecule has 1 aliphatic heterocycles. The van der Waals surface area contributed by atoms with Gasteiger partial charge in [-0.25, -0.2) is 4.99 Å². The Hall–Kier alpha value is -1.84. The minimum Gasteiger partial charge on any atom is -0.496 e. The SMILES string of the molecule is CCN(C)/C=N/c1cc(OC)c(C(O)(COCC2(CC)COC2)C(F)(F)F)cc1C. The predicted molar refractivity (Wildman–Crippen MR) is 109 cm³/mol. The Kier molecular flexibility index (Phi) is 7.76. The molecule has 1 heterocycles. The molecule has 0 saturated carbocycles. The highest BCUT2D eigenvalue weighted by molar-refractivity contribution is 5.65. The average Bonchev–Trinajstić information content (AvgIpc) is 2.67. The van der Waals surface area contributed by atoms with Crippen LogP contribution in [0.15, 0.2) is 17.1 Å². The van der Waals surface area contributed by atoms with E-state index in [1.807, 2.05) is 25.8 Å². The highest BCUT2D eigenvalue weighted by Gasteiger charge is 2.57. The van der Waals surface area contributed by atoms with Crippen molar-refractivity contribution in [1.82, 2.24) is 4.90 Å². The van der Waals surface area contributed by atoms with Crippen LogP contribution >= 0.6 is 0 Å². The van der Waals surface area contributed by atoms with Gasteiger partial charge in [-0.3, -0.25) is 0 Å². The first-order valence-electron chi connectivity index (χ1n) is 9.90. The van der Waals surface area contributed by atoms with Crippen molar-refractivity contribution in [3.63, 3.8) is 0 Å². The molecule has 9 heteroatoms. The molecule has 2 rings (SSSR count). The van der Waals surface area contributed by atoms with Gasteiger partial charge in [0.1, 0.15) is 5.75 Å². The zero-order valence-electron chi connectivity index (χ0n) is 18.2. The Bertz CT molecular complexity index is 745. The molecule has 0 aliphatic carbocycles. The summed E-state index contributed by atoms with van der Waals surface area (Å²) in [5.41, 5.74) is -2.97. The molecule has 1 unspecified atom stereocenters. The molecule has 1 N–H and O–H groups in total. The van der Waals surface area contributed by atoms with Crippen LogP contribution in [0.4, 0.5) is 18.9 Å². The van der Waals surface area contributed by atoms with Crippen molar-refractivity contribution < 1.29 is 32.5 Å². The van der Waals surface area contributed by atoms with E-state index in [1.165, 1.54) is 19.2 Å². The van der Waals surface area contributed by atoms with Gasteiger partial charge >= 0.3 is 6.18 Å². The third kappa shape index (κ3) is 5.07. The maximum absolute atomic E-state index is 14.0. The Morgan fingerprint density at radius 3 is 2.43 bits per heavy atom. The number of rotatable bonds is 10. The lowest BCUT2D eigenvalue weighted by molar-refractivity contribution is -0.287. The molecule has 0 amide bonds. The van der Waals surface area contributed by atoms with E-state index in [4.69, 9.17) is 14.2 Å². The Morgan fingerprint density at radius 2 is 1.97 bits per heavy atom. The van der Waals surface area contributed by atoms with Crippen molar-refractivity contribution in [1.29, 1.82) is 0 Å². The summed E-state index contributed by atoms with van der Waals surface area (Å²) in [6.07, 6.45) is -2.65. The second-order valence-corrected chi connectivity index (χ2v) is 7.85. The van der Waals surface area contributed by atoms with Gasteiger partial charge in [-0.15, -0.1) is 0 Å². The highest BCUT2D eigenvalue weighted by atomic mass is 19.4. The third-order valence-electron chi connectivity index (χ3n) is 5.61. The zero-order valence-corrected chi connectivity index (χ0v) is 18.2. The number of aryl methyl sites for hydroxylation is 1. The van der Waals surface area contributed by atoms with Crippen LogP contribution in [-0.2, 0) is 15.1 Å². The fourth-order valence-electron chi connectivity index (χ4n) is 3.06. The number of halogens is 3. The minimum absolute atomic E-state index is 0.0783. The summed E-state index contributed by atoms with van der Waals surface area (Å²) in [7, 11) is 3.09. The summed E-state index contributed by atoms with van der Waals surface area (Å²) in [4.78, 5) is 6.13. The summed E-state index contributed by atoms with van der Waals surface area (Å²) in [6.45, 7) is 6.27. The molecule has 1 aliphatic rings. The molecule has 0 radical (unpaired) electrons. The zero-order chi connectivity index (χ0) is 22.6. The van der Waals surface area contributed by atoms with Crippen LogP contribution in [0.2, 0.25) is 0 Å². The second-order valence-electron chi connectivity index (χ2n) is 7.85. The molecule has 0 spiro atoms. The Balaban J connectivity index is 2.35. The molecule has 1 aromatic carbocycles. The molecular weight excluding hydrogens is 401 g/mol. The van der Waals surface area contributed by atoms with E-state index in [0.29, 0.717) is 24.5 Å². The number of hydrogen-bond donors (Lipinski definition) is 1. The summed E-state index contributed by atoms with van der Waals surface area (Å²) >= 11 is 0. The van der Waals surface area contributed by atoms with Crippen LogP contribution in [0, 0.1) is 12.3 Å². The van der Waals surface area contributed by atoms with Gasteiger partial charge < -0.3 is 24.2 Å². The van der Waals surface area contributed by atoms with Crippen LogP contribution in [0.3, 0.4) is 0 Å². The maximum atomic E-state index is 14.0. The summed E-state index contributed by atoms with van der Waals surface area (Å²) in [6, 6.07) is 2.66. The number of aliphatic hydroxyl groups is 1. The fourth-order valence-corrected chi connectivity index (χ4v) is 3.06. The lowest BCUT2D eigenvalue weighted by Gasteiger charge is -2.41. The van der Waals surface area contributed by atoms with Crippen molar-refractivity contribution in [2.45, 2.75) is 39.0 Å². The predicted octanol–water partition coefficient (Wildman–Crippen LogP) is 3.81. The molecule has 1 atom stereocenters. The normalized spacial score (nSPS) is 18.2. The van der Waals surface area contributed by atoms with E-state index in [-0.39, 0.29) is 17.8 Å². The van der Waals surface area contributed by atoms with Crippen LogP contribution in [0.25, 0.3) is 0 Å². The maximum Gasteiger partial charge on any atom is 0.423 e. The largest absolute Gasteiger partial charge is 0.496 e. The molecule has 30 heavy (non-hydrogen) atoms. The van der Waals surface area contributed by atoms with Gasteiger partial charge in [0.15, 0.2) is 0 Å².